The second kappa shape index (κ2) is 8.08. The lowest BCUT2D eigenvalue weighted by Gasteiger charge is -2.07. The van der Waals surface area contributed by atoms with Gasteiger partial charge in [-0.2, -0.15) is 0 Å². The van der Waals surface area contributed by atoms with E-state index in [1.807, 2.05) is 0 Å². The number of amides is 1. The van der Waals surface area contributed by atoms with Crippen molar-refractivity contribution in [1.29, 1.82) is 0 Å². The molecule has 0 radical (unpaired) electrons. The Kier molecular flexibility index (Phi) is 7.40. The summed E-state index contributed by atoms with van der Waals surface area (Å²) in [5.41, 5.74) is 0. The molecule has 0 aromatic rings. The molecule has 0 spiro atoms. The minimum atomic E-state index is -0.935. The zero-order chi connectivity index (χ0) is 11.7. The van der Waals surface area contributed by atoms with Crippen molar-refractivity contribution in [2.45, 2.75) is 33.1 Å². The van der Waals surface area contributed by atoms with Gasteiger partial charge in [0, 0.05) is 6.54 Å². The first-order chi connectivity index (χ1) is 7.02. The minimum Gasteiger partial charge on any atom is -0.481 e. The van der Waals surface area contributed by atoms with Gasteiger partial charge in [0.1, 0.15) is 0 Å². The van der Waals surface area contributed by atoms with E-state index in [-0.39, 0.29) is 13.0 Å². The standard InChI is InChI=1S/C10H19NO4/c1-8(2)4-3-7-15-10(14)11-6-5-9(12)13/h8H,3-7H2,1-2H3,(H,11,14)(H,12,13). The van der Waals surface area contributed by atoms with Crippen LogP contribution in [0.15, 0.2) is 0 Å². The number of rotatable bonds is 7. The number of carbonyl (C=O) groups is 2. The van der Waals surface area contributed by atoms with E-state index in [1.165, 1.54) is 0 Å². The summed E-state index contributed by atoms with van der Waals surface area (Å²) in [5, 5.41) is 10.7. The summed E-state index contributed by atoms with van der Waals surface area (Å²) in [6, 6.07) is 0. The SMILES string of the molecule is CC(C)CCCOC(=O)NCCC(=O)O. The summed E-state index contributed by atoms with van der Waals surface area (Å²) in [7, 11) is 0. The Morgan fingerprint density at radius 2 is 2.07 bits per heavy atom. The number of aliphatic carboxylic acids is 1. The summed E-state index contributed by atoms with van der Waals surface area (Å²) in [4.78, 5) is 21.1. The van der Waals surface area contributed by atoms with Gasteiger partial charge in [0.2, 0.25) is 0 Å². The van der Waals surface area contributed by atoms with E-state index in [2.05, 4.69) is 19.2 Å². The Balaban J connectivity index is 3.30. The summed E-state index contributed by atoms with van der Waals surface area (Å²) >= 11 is 0. The number of carboxylic acids is 1. The van der Waals surface area contributed by atoms with Crippen LogP contribution in [0.1, 0.15) is 33.1 Å². The zero-order valence-electron chi connectivity index (χ0n) is 9.28. The summed E-state index contributed by atoms with van der Waals surface area (Å²) in [6.45, 7) is 4.70. The van der Waals surface area contributed by atoms with Crippen molar-refractivity contribution in [3.05, 3.63) is 0 Å². The van der Waals surface area contributed by atoms with Crippen molar-refractivity contribution in [2.75, 3.05) is 13.2 Å². The molecule has 0 aliphatic heterocycles. The van der Waals surface area contributed by atoms with Crippen LogP contribution in [0.3, 0.4) is 0 Å². The maximum atomic E-state index is 10.9. The van der Waals surface area contributed by atoms with Gasteiger partial charge in [-0.05, 0) is 18.8 Å². The molecule has 0 aliphatic carbocycles. The zero-order valence-corrected chi connectivity index (χ0v) is 9.28. The molecular formula is C10H19NO4. The monoisotopic (exact) mass is 217 g/mol. The lowest BCUT2D eigenvalue weighted by molar-refractivity contribution is -0.136. The molecule has 0 saturated carbocycles. The molecule has 0 saturated heterocycles. The molecule has 88 valence electrons. The molecule has 0 aliphatic rings. The van der Waals surface area contributed by atoms with Crippen LogP contribution in [-0.2, 0) is 9.53 Å². The molecule has 0 aromatic heterocycles. The van der Waals surface area contributed by atoms with E-state index >= 15 is 0 Å². The average Bonchev–Trinajstić information content (AvgIpc) is 2.11. The van der Waals surface area contributed by atoms with Crippen molar-refractivity contribution in [3.8, 4) is 0 Å². The van der Waals surface area contributed by atoms with Gasteiger partial charge in [0.05, 0.1) is 13.0 Å². The molecule has 15 heavy (non-hydrogen) atoms. The number of carboxylic acid groups (broad SMARTS) is 1. The van der Waals surface area contributed by atoms with Crippen LogP contribution >= 0.6 is 0 Å². The Morgan fingerprint density at radius 3 is 2.60 bits per heavy atom. The van der Waals surface area contributed by atoms with E-state index in [4.69, 9.17) is 9.84 Å². The van der Waals surface area contributed by atoms with Gasteiger partial charge in [-0.25, -0.2) is 4.79 Å². The van der Waals surface area contributed by atoms with Gasteiger partial charge in [0.25, 0.3) is 0 Å². The fraction of sp³-hybridized carbons (Fsp3) is 0.800. The van der Waals surface area contributed by atoms with Crippen molar-refractivity contribution in [2.24, 2.45) is 5.92 Å². The highest BCUT2D eigenvalue weighted by molar-refractivity contribution is 5.70. The van der Waals surface area contributed by atoms with Crippen LogP contribution in [-0.4, -0.2) is 30.3 Å². The third kappa shape index (κ3) is 10.7. The molecule has 0 bridgehead atoms. The van der Waals surface area contributed by atoms with Gasteiger partial charge in [-0.3, -0.25) is 4.79 Å². The predicted octanol–water partition coefficient (Wildman–Crippen LogP) is 1.62. The predicted molar refractivity (Wildman–Crippen MR) is 55.7 cm³/mol. The van der Waals surface area contributed by atoms with Gasteiger partial charge in [-0.15, -0.1) is 0 Å². The fourth-order valence-electron chi connectivity index (χ4n) is 0.979. The molecule has 5 heteroatoms. The summed E-state index contributed by atoms with van der Waals surface area (Å²) < 4.78 is 4.83. The summed E-state index contributed by atoms with van der Waals surface area (Å²) in [6.07, 6.45) is 1.23. The molecule has 0 rings (SSSR count). The second-order valence-electron chi connectivity index (χ2n) is 3.74. The van der Waals surface area contributed by atoms with Gasteiger partial charge in [0.15, 0.2) is 0 Å². The van der Waals surface area contributed by atoms with E-state index in [0.29, 0.717) is 12.5 Å². The largest absolute Gasteiger partial charge is 0.481 e. The molecule has 0 atom stereocenters. The van der Waals surface area contributed by atoms with Crippen molar-refractivity contribution in [1.82, 2.24) is 5.32 Å². The number of hydrogen-bond acceptors (Lipinski definition) is 3. The topological polar surface area (TPSA) is 75.6 Å². The quantitative estimate of drug-likeness (QED) is 0.635. The van der Waals surface area contributed by atoms with Gasteiger partial charge >= 0.3 is 12.1 Å². The number of hydrogen-bond donors (Lipinski definition) is 2. The number of nitrogens with one attached hydrogen (secondary N) is 1. The Bertz CT molecular complexity index is 204. The van der Waals surface area contributed by atoms with E-state index in [1.54, 1.807) is 0 Å². The van der Waals surface area contributed by atoms with Crippen LogP contribution in [0.5, 0.6) is 0 Å². The van der Waals surface area contributed by atoms with E-state index < -0.39 is 12.1 Å². The molecule has 2 N–H and O–H groups in total. The molecule has 1 amide bonds. The summed E-state index contributed by atoms with van der Waals surface area (Å²) in [5.74, 6) is -0.334. The molecule has 0 aromatic carbocycles. The van der Waals surface area contributed by atoms with Crippen LogP contribution in [0.25, 0.3) is 0 Å². The van der Waals surface area contributed by atoms with Crippen LogP contribution in [0.4, 0.5) is 4.79 Å². The second-order valence-corrected chi connectivity index (χ2v) is 3.74. The molecule has 5 nitrogen and oxygen atoms in total. The fourth-order valence-corrected chi connectivity index (χ4v) is 0.979. The number of alkyl carbamates (subject to hydrolysis) is 1. The van der Waals surface area contributed by atoms with Crippen molar-refractivity contribution in [3.63, 3.8) is 0 Å². The maximum Gasteiger partial charge on any atom is 0.407 e. The Hall–Kier alpha value is -1.26. The molecule has 0 heterocycles. The van der Waals surface area contributed by atoms with Crippen molar-refractivity contribution < 1.29 is 19.4 Å². The lowest BCUT2D eigenvalue weighted by Crippen LogP contribution is -2.27. The normalized spacial score (nSPS) is 10.1. The van der Waals surface area contributed by atoms with Gasteiger partial charge < -0.3 is 15.2 Å². The third-order valence-electron chi connectivity index (χ3n) is 1.77. The molecule has 0 unspecified atom stereocenters. The van der Waals surface area contributed by atoms with Crippen LogP contribution in [0.2, 0.25) is 0 Å². The van der Waals surface area contributed by atoms with Gasteiger partial charge in [-0.1, -0.05) is 13.8 Å². The van der Waals surface area contributed by atoms with Crippen LogP contribution in [0, 0.1) is 5.92 Å². The Morgan fingerprint density at radius 1 is 1.40 bits per heavy atom. The van der Waals surface area contributed by atoms with Crippen molar-refractivity contribution >= 4 is 12.1 Å². The highest BCUT2D eigenvalue weighted by Crippen LogP contribution is 2.02. The molecule has 0 fully saturated rings. The first-order valence-electron chi connectivity index (χ1n) is 5.14. The first-order valence-corrected chi connectivity index (χ1v) is 5.14. The highest BCUT2D eigenvalue weighted by atomic mass is 16.5. The number of carbonyl (C=O) groups excluding carboxylic acids is 1. The molecular weight excluding hydrogens is 198 g/mol. The van der Waals surface area contributed by atoms with E-state index in [9.17, 15) is 9.59 Å². The first kappa shape index (κ1) is 13.7. The lowest BCUT2D eigenvalue weighted by atomic mass is 10.1. The minimum absolute atomic E-state index is 0.0822. The number of ether oxygens (including phenoxy) is 1. The average molecular weight is 217 g/mol. The highest BCUT2D eigenvalue weighted by Gasteiger charge is 2.03. The maximum absolute atomic E-state index is 10.9. The smallest absolute Gasteiger partial charge is 0.407 e. The third-order valence-corrected chi connectivity index (χ3v) is 1.77. The Labute approximate surface area is 89.8 Å². The van der Waals surface area contributed by atoms with E-state index in [0.717, 1.165) is 12.8 Å². The van der Waals surface area contributed by atoms with Crippen LogP contribution < -0.4 is 5.32 Å².